The fraction of sp³-hybridized carbons (Fsp3) is 0.333. The van der Waals surface area contributed by atoms with E-state index in [1.807, 2.05) is 20.8 Å². The highest BCUT2D eigenvalue weighted by Gasteiger charge is 2.33. The number of hydrogen-bond acceptors (Lipinski definition) is 4. The van der Waals surface area contributed by atoms with E-state index in [2.05, 4.69) is 5.32 Å². The number of carbonyl (C=O) groups is 2. The van der Waals surface area contributed by atoms with Gasteiger partial charge in [-0.05, 0) is 74.2 Å². The molecule has 2 amide bonds. The van der Waals surface area contributed by atoms with Gasteiger partial charge in [0.05, 0.1) is 10.6 Å². The molecule has 1 N–H and O–H groups in total. The van der Waals surface area contributed by atoms with Crippen molar-refractivity contribution in [3.05, 3.63) is 94.3 Å². The van der Waals surface area contributed by atoms with Crippen molar-refractivity contribution in [3.8, 4) is 0 Å². The first-order valence-corrected chi connectivity index (χ1v) is 14.8. The lowest BCUT2D eigenvalue weighted by Crippen LogP contribution is -2.51. The monoisotopic (exact) mass is 587 g/mol. The van der Waals surface area contributed by atoms with Gasteiger partial charge in [0.1, 0.15) is 18.4 Å². The molecule has 0 aliphatic carbocycles. The van der Waals surface area contributed by atoms with E-state index in [0.717, 1.165) is 9.87 Å². The lowest BCUT2D eigenvalue weighted by Gasteiger charge is -2.32. The molecule has 0 heterocycles. The highest BCUT2D eigenvalue weighted by molar-refractivity contribution is 7.92. The number of halogens is 2. The molecule has 40 heavy (non-hydrogen) atoms. The molecule has 0 aliphatic heterocycles. The second-order valence-corrected chi connectivity index (χ2v) is 12.4. The Hall–Kier alpha value is -3.43. The highest BCUT2D eigenvalue weighted by Crippen LogP contribution is 2.31. The molecule has 0 spiro atoms. The number of aryl methyl sites for hydroxylation is 1. The standard InChI is InChI=1S/C30H35ClFN3O4S/c1-20(2)17-33-30(37)23(5)34(18-24-11-13-25(32)14-12-24)29(36)19-35(28-8-6-7-27(31)22(28)4)40(38,39)26-15-9-21(3)10-16-26/h6-16,20,23H,17-19H2,1-5H3,(H,33,37). The van der Waals surface area contributed by atoms with E-state index in [1.165, 1.54) is 41.3 Å². The fourth-order valence-corrected chi connectivity index (χ4v) is 5.68. The van der Waals surface area contributed by atoms with Crippen molar-refractivity contribution < 1.29 is 22.4 Å². The zero-order chi connectivity index (χ0) is 29.6. The summed E-state index contributed by atoms with van der Waals surface area (Å²) < 4.78 is 42.5. The molecular formula is C30H35ClFN3O4S. The van der Waals surface area contributed by atoms with E-state index < -0.39 is 34.3 Å². The average molecular weight is 588 g/mol. The number of nitrogens with zero attached hydrogens (tertiary/aromatic N) is 2. The normalized spacial score (nSPS) is 12.2. The van der Waals surface area contributed by atoms with E-state index in [0.29, 0.717) is 22.7 Å². The van der Waals surface area contributed by atoms with E-state index in [1.54, 1.807) is 44.2 Å². The summed E-state index contributed by atoms with van der Waals surface area (Å²) in [6, 6.07) is 15.8. The van der Waals surface area contributed by atoms with Crippen molar-refractivity contribution in [2.75, 3.05) is 17.4 Å². The number of nitrogens with one attached hydrogen (secondary N) is 1. The van der Waals surface area contributed by atoms with Gasteiger partial charge >= 0.3 is 0 Å². The summed E-state index contributed by atoms with van der Waals surface area (Å²) in [5, 5.41) is 3.18. The van der Waals surface area contributed by atoms with E-state index in [9.17, 15) is 22.4 Å². The van der Waals surface area contributed by atoms with Crippen molar-refractivity contribution in [2.24, 2.45) is 5.92 Å². The second kappa shape index (κ2) is 13.3. The molecule has 7 nitrogen and oxygen atoms in total. The highest BCUT2D eigenvalue weighted by atomic mass is 35.5. The average Bonchev–Trinajstić information content (AvgIpc) is 2.91. The first-order valence-electron chi connectivity index (χ1n) is 13.0. The molecule has 0 aliphatic rings. The molecular weight excluding hydrogens is 553 g/mol. The largest absolute Gasteiger partial charge is 0.354 e. The molecule has 3 aromatic carbocycles. The Morgan fingerprint density at radius 3 is 2.17 bits per heavy atom. The van der Waals surface area contributed by atoms with Gasteiger partial charge in [-0.15, -0.1) is 0 Å². The van der Waals surface area contributed by atoms with Gasteiger partial charge in [0.15, 0.2) is 0 Å². The first-order chi connectivity index (χ1) is 18.8. The van der Waals surface area contributed by atoms with Crippen LogP contribution in [0.15, 0.2) is 71.6 Å². The Morgan fingerprint density at radius 1 is 0.950 bits per heavy atom. The summed E-state index contributed by atoms with van der Waals surface area (Å²) in [6.07, 6.45) is 0. The van der Waals surface area contributed by atoms with Crippen LogP contribution in [0.5, 0.6) is 0 Å². The van der Waals surface area contributed by atoms with Crippen LogP contribution in [0.1, 0.15) is 37.5 Å². The summed E-state index contributed by atoms with van der Waals surface area (Å²) >= 11 is 6.35. The summed E-state index contributed by atoms with van der Waals surface area (Å²) in [5.74, 6) is -1.22. The Bertz CT molecular complexity index is 1440. The Labute approximate surface area is 241 Å². The smallest absolute Gasteiger partial charge is 0.264 e. The summed E-state index contributed by atoms with van der Waals surface area (Å²) in [7, 11) is -4.21. The lowest BCUT2D eigenvalue weighted by atomic mass is 10.1. The predicted molar refractivity (Wildman–Crippen MR) is 156 cm³/mol. The van der Waals surface area contributed by atoms with Gasteiger partial charge in [0.2, 0.25) is 11.8 Å². The maximum atomic E-state index is 13.9. The minimum atomic E-state index is -4.21. The van der Waals surface area contributed by atoms with Crippen LogP contribution in [-0.4, -0.2) is 44.3 Å². The number of benzene rings is 3. The van der Waals surface area contributed by atoms with E-state index >= 15 is 0 Å². The van der Waals surface area contributed by atoms with Crippen LogP contribution in [0, 0.1) is 25.6 Å². The van der Waals surface area contributed by atoms with Crippen LogP contribution < -0.4 is 9.62 Å². The van der Waals surface area contributed by atoms with E-state index in [4.69, 9.17) is 11.6 Å². The molecule has 1 atom stereocenters. The summed E-state index contributed by atoms with van der Waals surface area (Å²) in [6.45, 7) is 8.82. The maximum absolute atomic E-state index is 13.9. The van der Waals surface area contributed by atoms with Crippen molar-refractivity contribution in [1.82, 2.24) is 10.2 Å². The Balaban J connectivity index is 2.05. The SMILES string of the molecule is Cc1ccc(S(=O)(=O)N(CC(=O)N(Cc2ccc(F)cc2)C(C)C(=O)NCC(C)C)c2cccc(Cl)c2C)cc1. The van der Waals surface area contributed by atoms with Gasteiger partial charge in [0, 0.05) is 18.1 Å². The van der Waals surface area contributed by atoms with Crippen LogP contribution in [0.25, 0.3) is 0 Å². The number of sulfonamides is 1. The third kappa shape index (κ3) is 7.61. The predicted octanol–water partition coefficient (Wildman–Crippen LogP) is 5.48. The molecule has 214 valence electrons. The fourth-order valence-electron chi connectivity index (χ4n) is 4.04. The molecule has 0 bridgehead atoms. The van der Waals surface area contributed by atoms with Crippen LogP contribution in [0.3, 0.4) is 0 Å². The Morgan fingerprint density at radius 2 is 1.57 bits per heavy atom. The first kappa shape index (κ1) is 31.1. The van der Waals surface area contributed by atoms with Crippen LogP contribution in [-0.2, 0) is 26.2 Å². The molecule has 3 aromatic rings. The lowest BCUT2D eigenvalue weighted by molar-refractivity contribution is -0.139. The van der Waals surface area contributed by atoms with Gasteiger partial charge in [-0.25, -0.2) is 12.8 Å². The number of amides is 2. The number of anilines is 1. The van der Waals surface area contributed by atoms with Crippen molar-refractivity contribution in [2.45, 2.75) is 52.1 Å². The zero-order valence-corrected chi connectivity index (χ0v) is 24.9. The van der Waals surface area contributed by atoms with Gasteiger partial charge < -0.3 is 10.2 Å². The maximum Gasteiger partial charge on any atom is 0.264 e. The van der Waals surface area contributed by atoms with Gasteiger partial charge in [-0.2, -0.15) is 0 Å². The molecule has 3 rings (SSSR count). The summed E-state index contributed by atoms with van der Waals surface area (Å²) in [4.78, 5) is 28.3. The van der Waals surface area contributed by atoms with Crippen LogP contribution in [0.4, 0.5) is 10.1 Å². The molecule has 0 fully saturated rings. The molecule has 0 radical (unpaired) electrons. The quantitative estimate of drug-likeness (QED) is 0.322. The van der Waals surface area contributed by atoms with Crippen LogP contribution >= 0.6 is 11.6 Å². The zero-order valence-electron chi connectivity index (χ0n) is 23.3. The third-order valence-corrected chi connectivity index (χ3v) is 8.70. The van der Waals surface area contributed by atoms with Crippen molar-refractivity contribution in [1.29, 1.82) is 0 Å². The summed E-state index contributed by atoms with van der Waals surface area (Å²) in [5.41, 5.74) is 2.21. The Kier molecular flexibility index (Phi) is 10.3. The van der Waals surface area contributed by atoms with Crippen LogP contribution in [0.2, 0.25) is 5.02 Å². The number of hydrogen-bond donors (Lipinski definition) is 1. The minimum absolute atomic E-state index is 0.0121. The molecule has 10 heteroatoms. The van der Waals surface area contributed by atoms with Crippen molar-refractivity contribution in [3.63, 3.8) is 0 Å². The van der Waals surface area contributed by atoms with Gasteiger partial charge in [-0.1, -0.05) is 61.3 Å². The molecule has 0 saturated carbocycles. The third-order valence-electron chi connectivity index (χ3n) is 6.51. The van der Waals surface area contributed by atoms with E-state index in [-0.39, 0.29) is 29.0 Å². The van der Waals surface area contributed by atoms with Gasteiger partial charge in [0.25, 0.3) is 10.0 Å². The minimum Gasteiger partial charge on any atom is -0.354 e. The molecule has 1 unspecified atom stereocenters. The number of rotatable bonds is 11. The molecule has 0 aromatic heterocycles. The van der Waals surface area contributed by atoms with Crippen molar-refractivity contribution >= 4 is 39.1 Å². The van der Waals surface area contributed by atoms with Gasteiger partial charge in [-0.3, -0.25) is 13.9 Å². The molecule has 0 saturated heterocycles. The topological polar surface area (TPSA) is 86.8 Å². The second-order valence-electron chi connectivity index (χ2n) is 10.2. The number of carbonyl (C=O) groups excluding carboxylic acids is 2.